The van der Waals surface area contributed by atoms with E-state index in [1.807, 2.05) is 17.9 Å². The Labute approximate surface area is 169 Å². The molecule has 1 saturated heterocycles. The smallest absolute Gasteiger partial charge is 0.306 e. The topological polar surface area (TPSA) is 75.9 Å². The van der Waals surface area contributed by atoms with E-state index in [1.54, 1.807) is 6.92 Å². The zero-order chi connectivity index (χ0) is 20.8. The number of hydrogen-bond acceptors (Lipinski definition) is 5. The maximum absolute atomic E-state index is 11.6. The fourth-order valence-corrected chi connectivity index (χ4v) is 3.92. The second-order valence-corrected chi connectivity index (χ2v) is 8.28. The highest BCUT2D eigenvalue weighted by molar-refractivity contribution is 5.74. The van der Waals surface area contributed by atoms with Crippen molar-refractivity contribution in [2.45, 2.75) is 58.9 Å². The molecule has 156 valence electrons. The molecular formula is C22H35N3O3. The molecule has 1 unspecified atom stereocenters. The van der Waals surface area contributed by atoms with Gasteiger partial charge in [0, 0.05) is 32.6 Å². The lowest BCUT2D eigenvalue weighted by Crippen LogP contribution is -2.47. The number of carbonyl (C=O) groups excluding carboxylic acids is 2. The van der Waals surface area contributed by atoms with Crippen LogP contribution in [0.2, 0.25) is 0 Å². The number of nitrogens with two attached hydrogens (primary N) is 1. The second kappa shape index (κ2) is 9.80. The number of esters is 1. The van der Waals surface area contributed by atoms with E-state index >= 15 is 0 Å². The van der Waals surface area contributed by atoms with Crippen LogP contribution in [0.1, 0.15) is 58.4 Å². The molecule has 0 aromatic heterocycles. The van der Waals surface area contributed by atoms with Crippen LogP contribution in [0.5, 0.6) is 0 Å². The first-order chi connectivity index (χ1) is 13.2. The first-order valence-electron chi connectivity index (χ1n) is 10.2. The number of nitrogen functional groups attached to an aromatic ring is 1. The Kier molecular flexibility index (Phi) is 7.72. The van der Waals surface area contributed by atoms with Gasteiger partial charge in [-0.2, -0.15) is 0 Å². The molecule has 2 rings (SSSR count). The number of piperidine rings is 1. The second-order valence-electron chi connectivity index (χ2n) is 8.28. The van der Waals surface area contributed by atoms with E-state index in [-0.39, 0.29) is 17.8 Å². The quantitative estimate of drug-likeness (QED) is 0.571. The summed E-state index contributed by atoms with van der Waals surface area (Å²) < 4.78 is 4.78. The lowest BCUT2D eigenvalue weighted by atomic mass is 9.95. The molecule has 2 N–H and O–H groups in total. The van der Waals surface area contributed by atoms with Gasteiger partial charge in [-0.1, -0.05) is 26.8 Å². The van der Waals surface area contributed by atoms with Gasteiger partial charge in [-0.15, -0.1) is 0 Å². The normalized spacial score (nSPS) is 16.1. The van der Waals surface area contributed by atoms with Crippen molar-refractivity contribution in [1.29, 1.82) is 0 Å². The van der Waals surface area contributed by atoms with Gasteiger partial charge in [0.25, 0.3) is 0 Å². The molecular weight excluding hydrogens is 354 g/mol. The van der Waals surface area contributed by atoms with Gasteiger partial charge >= 0.3 is 5.97 Å². The lowest BCUT2D eigenvalue weighted by molar-refractivity contribution is -0.141. The summed E-state index contributed by atoms with van der Waals surface area (Å²) >= 11 is 0. The number of methoxy groups -OCH3 is 1. The van der Waals surface area contributed by atoms with Crippen LogP contribution >= 0.6 is 0 Å². The SMILES string of the molecule is COC(=O)CC(C)c1ccc(N(CC(C)C)C2CCN(C(C)=O)CC2)c(N)c1. The van der Waals surface area contributed by atoms with Gasteiger partial charge in [-0.3, -0.25) is 9.59 Å². The van der Waals surface area contributed by atoms with E-state index in [4.69, 9.17) is 10.5 Å². The van der Waals surface area contributed by atoms with Crippen molar-refractivity contribution in [2.75, 3.05) is 37.4 Å². The molecule has 0 bridgehead atoms. The van der Waals surface area contributed by atoms with Crippen molar-refractivity contribution in [1.82, 2.24) is 4.90 Å². The molecule has 1 amide bonds. The number of carbonyl (C=O) groups is 2. The van der Waals surface area contributed by atoms with E-state index in [0.717, 1.165) is 49.4 Å². The zero-order valence-electron chi connectivity index (χ0n) is 17.9. The zero-order valence-corrected chi connectivity index (χ0v) is 17.9. The Balaban J connectivity index is 2.19. The third kappa shape index (κ3) is 5.63. The summed E-state index contributed by atoms with van der Waals surface area (Å²) in [5, 5.41) is 0. The predicted octanol–water partition coefficient (Wildman–Crippen LogP) is 3.41. The average molecular weight is 390 g/mol. The van der Waals surface area contributed by atoms with Gasteiger partial charge in [0.2, 0.25) is 5.91 Å². The van der Waals surface area contributed by atoms with Crippen molar-refractivity contribution in [3.8, 4) is 0 Å². The third-order valence-corrected chi connectivity index (χ3v) is 5.54. The van der Waals surface area contributed by atoms with E-state index in [1.165, 1.54) is 7.11 Å². The molecule has 1 aromatic carbocycles. The Bertz CT molecular complexity index is 682. The summed E-state index contributed by atoms with van der Waals surface area (Å²) in [7, 11) is 1.41. The molecule has 1 fully saturated rings. The fourth-order valence-electron chi connectivity index (χ4n) is 3.92. The molecule has 1 aliphatic rings. The summed E-state index contributed by atoms with van der Waals surface area (Å²) in [5.74, 6) is 0.496. The molecule has 0 saturated carbocycles. The minimum Gasteiger partial charge on any atom is -0.469 e. The predicted molar refractivity (Wildman–Crippen MR) is 113 cm³/mol. The summed E-state index contributed by atoms with van der Waals surface area (Å²) in [4.78, 5) is 27.5. The van der Waals surface area contributed by atoms with Crippen LogP contribution in [0, 0.1) is 5.92 Å². The number of hydrogen-bond donors (Lipinski definition) is 1. The lowest BCUT2D eigenvalue weighted by Gasteiger charge is -2.41. The van der Waals surface area contributed by atoms with Crippen LogP contribution < -0.4 is 10.6 Å². The van der Waals surface area contributed by atoms with E-state index in [2.05, 4.69) is 30.9 Å². The highest BCUT2D eigenvalue weighted by Crippen LogP contribution is 2.33. The molecule has 6 heteroatoms. The van der Waals surface area contributed by atoms with Crippen molar-refractivity contribution >= 4 is 23.3 Å². The Morgan fingerprint density at radius 1 is 1.25 bits per heavy atom. The van der Waals surface area contributed by atoms with Crippen LogP contribution in [-0.4, -0.2) is 49.6 Å². The Hall–Kier alpha value is -2.24. The largest absolute Gasteiger partial charge is 0.469 e. The summed E-state index contributed by atoms with van der Waals surface area (Å²) in [6.45, 7) is 10.6. The molecule has 1 atom stereocenters. The number of benzene rings is 1. The standard InChI is InChI=1S/C22H35N3O3/c1-15(2)14-25(19-8-10-24(11-9-19)17(4)26)21-7-6-18(13-20(21)23)16(3)12-22(27)28-5/h6-7,13,15-16,19H,8-12,14,23H2,1-5H3. The van der Waals surface area contributed by atoms with Gasteiger partial charge in [0.05, 0.1) is 24.9 Å². The minimum absolute atomic E-state index is 0.0566. The van der Waals surface area contributed by atoms with Gasteiger partial charge in [-0.05, 0) is 42.4 Å². The number of rotatable bonds is 7. The van der Waals surface area contributed by atoms with Gasteiger partial charge in [0.1, 0.15) is 0 Å². The Morgan fingerprint density at radius 2 is 1.89 bits per heavy atom. The molecule has 1 aliphatic heterocycles. The third-order valence-electron chi connectivity index (χ3n) is 5.54. The van der Waals surface area contributed by atoms with Crippen LogP contribution in [0.3, 0.4) is 0 Å². The van der Waals surface area contributed by atoms with E-state index in [0.29, 0.717) is 18.4 Å². The molecule has 6 nitrogen and oxygen atoms in total. The van der Waals surface area contributed by atoms with Gasteiger partial charge in [0.15, 0.2) is 0 Å². The van der Waals surface area contributed by atoms with Crippen LogP contribution in [0.25, 0.3) is 0 Å². The molecule has 28 heavy (non-hydrogen) atoms. The van der Waals surface area contributed by atoms with Crippen LogP contribution in [-0.2, 0) is 14.3 Å². The van der Waals surface area contributed by atoms with Crippen molar-refractivity contribution in [2.24, 2.45) is 5.92 Å². The number of nitrogens with zero attached hydrogens (tertiary/aromatic N) is 2. The number of amides is 1. The number of ether oxygens (including phenoxy) is 1. The summed E-state index contributed by atoms with van der Waals surface area (Å²) in [6.07, 6.45) is 2.24. The van der Waals surface area contributed by atoms with Gasteiger partial charge < -0.3 is 20.3 Å². The van der Waals surface area contributed by atoms with Crippen molar-refractivity contribution < 1.29 is 14.3 Å². The molecule has 1 heterocycles. The highest BCUT2D eigenvalue weighted by Gasteiger charge is 2.27. The molecule has 1 aromatic rings. The first-order valence-corrected chi connectivity index (χ1v) is 10.2. The highest BCUT2D eigenvalue weighted by atomic mass is 16.5. The van der Waals surface area contributed by atoms with E-state index < -0.39 is 0 Å². The first kappa shape index (κ1) is 22.1. The average Bonchev–Trinajstić information content (AvgIpc) is 2.66. The number of likely N-dealkylation sites (tertiary alicyclic amines) is 1. The maximum atomic E-state index is 11.6. The van der Waals surface area contributed by atoms with Crippen LogP contribution in [0.4, 0.5) is 11.4 Å². The molecule has 0 aliphatic carbocycles. The fraction of sp³-hybridized carbons (Fsp3) is 0.636. The molecule has 0 radical (unpaired) electrons. The monoisotopic (exact) mass is 389 g/mol. The summed E-state index contributed by atoms with van der Waals surface area (Å²) in [6, 6.07) is 6.51. The Morgan fingerprint density at radius 3 is 2.39 bits per heavy atom. The van der Waals surface area contributed by atoms with Crippen molar-refractivity contribution in [3.63, 3.8) is 0 Å². The minimum atomic E-state index is -0.214. The van der Waals surface area contributed by atoms with Crippen molar-refractivity contribution in [3.05, 3.63) is 23.8 Å². The molecule has 0 spiro atoms. The summed E-state index contributed by atoms with van der Waals surface area (Å²) in [5.41, 5.74) is 9.29. The maximum Gasteiger partial charge on any atom is 0.306 e. The van der Waals surface area contributed by atoms with E-state index in [9.17, 15) is 9.59 Å². The number of anilines is 2. The van der Waals surface area contributed by atoms with Gasteiger partial charge in [-0.25, -0.2) is 0 Å². The van der Waals surface area contributed by atoms with Crippen LogP contribution in [0.15, 0.2) is 18.2 Å².